The van der Waals surface area contributed by atoms with E-state index < -0.39 is 0 Å². The van der Waals surface area contributed by atoms with Gasteiger partial charge in [0.25, 0.3) is 0 Å². The van der Waals surface area contributed by atoms with Crippen LogP contribution in [-0.2, 0) is 0 Å². The van der Waals surface area contributed by atoms with Crippen LogP contribution in [0.15, 0.2) is 18.2 Å². The molecule has 0 saturated heterocycles. The molecule has 0 unspecified atom stereocenters. The minimum Gasteiger partial charge on any atom is -0.504 e. The van der Waals surface area contributed by atoms with Crippen molar-refractivity contribution in [1.82, 2.24) is 0 Å². The lowest BCUT2D eigenvalue weighted by Crippen LogP contribution is -2.18. The first-order valence-electron chi connectivity index (χ1n) is 5.85. The third-order valence-corrected chi connectivity index (χ3v) is 3.50. The first kappa shape index (κ1) is 14.1. The molecule has 1 fully saturated rings. The number of phenolic OH excluding ortho intramolecular Hbond substituents is 1. The van der Waals surface area contributed by atoms with Crippen LogP contribution in [0.4, 0.5) is 0 Å². The number of rotatable bonds is 3. The van der Waals surface area contributed by atoms with Crippen LogP contribution in [-0.4, -0.2) is 12.2 Å². The lowest BCUT2D eigenvalue weighted by atomic mass is 9.92. The molecular formula is C13H20ClNO2. The van der Waals surface area contributed by atoms with Gasteiger partial charge in [-0.1, -0.05) is 18.9 Å². The number of halogens is 1. The van der Waals surface area contributed by atoms with E-state index in [4.69, 9.17) is 10.5 Å². The molecule has 1 aliphatic carbocycles. The molecule has 2 rings (SSSR count). The molecule has 17 heavy (non-hydrogen) atoms. The number of hydrogen-bond donors (Lipinski definition) is 2. The van der Waals surface area contributed by atoms with Crippen LogP contribution in [0.3, 0.4) is 0 Å². The van der Waals surface area contributed by atoms with Gasteiger partial charge in [0.15, 0.2) is 11.5 Å². The van der Waals surface area contributed by atoms with Crippen molar-refractivity contribution in [2.24, 2.45) is 11.7 Å². The van der Waals surface area contributed by atoms with E-state index in [1.807, 2.05) is 6.07 Å². The Morgan fingerprint density at radius 1 is 1.35 bits per heavy atom. The molecule has 0 heterocycles. The number of ether oxygens (including phenoxy) is 1. The Hall–Kier alpha value is -0.930. The van der Waals surface area contributed by atoms with E-state index in [2.05, 4.69) is 0 Å². The van der Waals surface area contributed by atoms with Crippen molar-refractivity contribution in [2.75, 3.05) is 7.11 Å². The lowest BCUT2D eigenvalue weighted by molar-refractivity contribution is 0.371. The topological polar surface area (TPSA) is 55.5 Å². The monoisotopic (exact) mass is 257 g/mol. The van der Waals surface area contributed by atoms with Gasteiger partial charge < -0.3 is 15.6 Å². The maximum Gasteiger partial charge on any atom is 0.160 e. The molecular weight excluding hydrogens is 238 g/mol. The summed E-state index contributed by atoms with van der Waals surface area (Å²) in [6.45, 7) is 0. The number of aromatic hydroxyl groups is 1. The molecule has 0 spiro atoms. The molecule has 1 aromatic carbocycles. The zero-order valence-corrected chi connectivity index (χ0v) is 10.9. The quantitative estimate of drug-likeness (QED) is 0.875. The molecule has 3 N–H and O–H groups in total. The van der Waals surface area contributed by atoms with Crippen LogP contribution in [0.5, 0.6) is 11.5 Å². The highest BCUT2D eigenvalue weighted by Gasteiger charge is 2.23. The number of methoxy groups -OCH3 is 1. The van der Waals surface area contributed by atoms with Gasteiger partial charge in [-0.25, -0.2) is 0 Å². The maximum atomic E-state index is 9.70. The van der Waals surface area contributed by atoms with Gasteiger partial charge >= 0.3 is 0 Å². The summed E-state index contributed by atoms with van der Waals surface area (Å²) in [6.07, 6.45) is 4.96. The van der Waals surface area contributed by atoms with Gasteiger partial charge in [0.05, 0.1) is 7.11 Å². The molecule has 1 saturated carbocycles. The molecule has 96 valence electrons. The Bertz CT molecular complexity index is 364. The predicted molar refractivity (Wildman–Crippen MR) is 70.8 cm³/mol. The average Bonchev–Trinajstić information content (AvgIpc) is 2.81. The van der Waals surface area contributed by atoms with Gasteiger partial charge in [-0.05, 0) is 36.5 Å². The second-order valence-electron chi connectivity index (χ2n) is 4.50. The van der Waals surface area contributed by atoms with Crippen LogP contribution in [0.1, 0.15) is 37.3 Å². The highest BCUT2D eigenvalue weighted by atomic mass is 35.5. The summed E-state index contributed by atoms with van der Waals surface area (Å²) in [5, 5.41) is 9.70. The van der Waals surface area contributed by atoms with Gasteiger partial charge in [-0.2, -0.15) is 0 Å². The molecule has 0 aromatic heterocycles. The standard InChI is InChI=1S/C13H19NO2.ClH/c1-16-12-7-6-10(8-11(12)15)13(14)9-4-2-3-5-9;/h6-9,13,15H,2-5,14H2,1H3;1H/t13-;/m1./s1. The predicted octanol–water partition coefficient (Wildman–Crippen LogP) is 3.01. The number of hydrogen-bond acceptors (Lipinski definition) is 3. The van der Waals surface area contributed by atoms with E-state index >= 15 is 0 Å². The fourth-order valence-electron chi connectivity index (χ4n) is 2.50. The third kappa shape index (κ3) is 3.05. The summed E-state index contributed by atoms with van der Waals surface area (Å²) in [6, 6.07) is 5.49. The van der Waals surface area contributed by atoms with Crippen molar-refractivity contribution in [3.8, 4) is 11.5 Å². The van der Waals surface area contributed by atoms with Gasteiger partial charge in [-0.3, -0.25) is 0 Å². The number of nitrogens with two attached hydrogens (primary N) is 1. The van der Waals surface area contributed by atoms with E-state index in [1.165, 1.54) is 25.7 Å². The van der Waals surface area contributed by atoms with Crippen molar-refractivity contribution >= 4 is 12.4 Å². The average molecular weight is 258 g/mol. The zero-order chi connectivity index (χ0) is 11.5. The molecule has 0 amide bonds. The summed E-state index contributed by atoms with van der Waals surface area (Å²) in [4.78, 5) is 0. The second kappa shape index (κ2) is 6.12. The number of phenols is 1. The first-order valence-corrected chi connectivity index (χ1v) is 5.85. The van der Waals surface area contributed by atoms with Crippen LogP contribution in [0, 0.1) is 5.92 Å². The molecule has 1 atom stereocenters. The summed E-state index contributed by atoms with van der Waals surface area (Å²) in [5.41, 5.74) is 7.21. The van der Waals surface area contributed by atoms with Gasteiger partial charge in [0.1, 0.15) is 0 Å². The fourth-order valence-corrected chi connectivity index (χ4v) is 2.50. The van der Waals surface area contributed by atoms with E-state index in [0.717, 1.165) is 5.56 Å². The highest BCUT2D eigenvalue weighted by molar-refractivity contribution is 5.85. The summed E-state index contributed by atoms with van der Waals surface area (Å²) in [7, 11) is 1.55. The van der Waals surface area contributed by atoms with Crippen molar-refractivity contribution in [3.63, 3.8) is 0 Å². The van der Waals surface area contributed by atoms with Crippen molar-refractivity contribution < 1.29 is 9.84 Å². The summed E-state index contributed by atoms with van der Waals surface area (Å²) < 4.78 is 5.01. The maximum absolute atomic E-state index is 9.70. The Balaban J connectivity index is 0.00000144. The zero-order valence-electron chi connectivity index (χ0n) is 10.1. The minimum atomic E-state index is 0. The fraction of sp³-hybridized carbons (Fsp3) is 0.538. The van der Waals surface area contributed by atoms with Crippen molar-refractivity contribution in [3.05, 3.63) is 23.8 Å². The van der Waals surface area contributed by atoms with Crippen LogP contribution in [0.2, 0.25) is 0 Å². The normalized spacial score (nSPS) is 17.5. The Morgan fingerprint density at radius 3 is 2.53 bits per heavy atom. The van der Waals surface area contributed by atoms with Crippen molar-refractivity contribution in [1.29, 1.82) is 0 Å². The van der Waals surface area contributed by atoms with Gasteiger partial charge in [0, 0.05) is 6.04 Å². The van der Waals surface area contributed by atoms with Gasteiger partial charge in [0.2, 0.25) is 0 Å². The van der Waals surface area contributed by atoms with E-state index in [9.17, 15) is 5.11 Å². The molecule has 0 aliphatic heterocycles. The molecule has 3 nitrogen and oxygen atoms in total. The molecule has 1 aliphatic rings. The molecule has 4 heteroatoms. The van der Waals surface area contributed by atoms with E-state index in [-0.39, 0.29) is 24.2 Å². The van der Waals surface area contributed by atoms with Crippen LogP contribution in [0.25, 0.3) is 0 Å². The van der Waals surface area contributed by atoms with Crippen molar-refractivity contribution in [2.45, 2.75) is 31.7 Å². The van der Waals surface area contributed by atoms with E-state index in [0.29, 0.717) is 11.7 Å². The Kier molecular flexibility index (Phi) is 5.09. The lowest BCUT2D eigenvalue weighted by Gasteiger charge is -2.19. The van der Waals surface area contributed by atoms with Gasteiger partial charge in [-0.15, -0.1) is 12.4 Å². The third-order valence-electron chi connectivity index (χ3n) is 3.50. The largest absolute Gasteiger partial charge is 0.504 e. The molecule has 1 aromatic rings. The Labute approximate surface area is 108 Å². The van der Waals surface area contributed by atoms with E-state index in [1.54, 1.807) is 19.2 Å². The van der Waals surface area contributed by atoms with Crippen LogP contribution >= 0.6 is 12.4 Å². The second-order valence-corrected chi connectivity index (χ2v) is 4.50. The molecule has 0 bridgehead atoms. The first-order chi connectivity index (χ1) is 7.72. The minimum absolute atomic E-state index is 0. The van der Waals surface area contributed by atoms with Crippen LogP contribution < -0.4 is 10.5 Å². The SMILES string of the molecule is COc1ccc([C@H](N)C2CCCC2)cc1O.Cl. The summed E-state index contributed by atoms with van der Waals surface area (Å²) in [5.74, 6) is 1.24. The Morgan fingerprint density at radius 2 is 2.00 bits per heavy atom. The highest BCUT2D eigenvalue weighted by Crippen LogP contribution is 2.36. The summed E-state index contributed by atoms with van der Waals surface area (Å²) >= 11 is 0. The molecule has 0 radical (unpaired) electrons. The number of benzene rings is 1. The smallest absolute Gasteiger partial charge is 0.160 e.